The molecular weight excluding hydrogens is 566 g/mol. The van der Waals surface area contributed by atoms with Gasteiger partial charge in [0.25, 0.3) is 17.7 Å². The Hall–Kier alpha value is -5.00. The molecule has 220 valence electrons. The summed E-state index contributed by atoms with van der Waals surface area (Å²) in [5, 5.41) is 10.9. The first-order valence-corrected chi connectivity index (χ1v) is 13.5. The van der Waals surface area contributed by atoms with E-state index in [1.54, 1.807) is 47.1 Å². The number of para-hydroxylation sites is 1. The molecule has 1 saturated heterocycles. The lowest BCUT2D eigenvalue weighted by molar-refractivity contribution is -0.137. The number of halogens is 4. The Morgan fingerprint density at radius 2 is 1.58 bits per heavy atom. The van der Waals surface area contributed by atoms with Crippen molar-refractivity contribution in [2.75, 3.05) is 18.4 Å². The van der Waals surface area contributed by atoms with E-state index >= 15 is 0 Å². The van der Waals surface area contributed by atoms with Crippen LogP contribution in [0.3, 0.4) is 0 Å². The second-order valence-electron chi connectivity index (χ2n) is 10.6. The molecule has 0 atom stereocenters. The van der Waals surface area contributed by atoms with E-state index in [0.29, 0.717) is 33.4 Å². The third-order valence-corrected chi connectivity index (χ3v) is 7.50. The molecule has 1 saturated carbocycles. The summed E-state index contributed by atoms with van der Waals surface area (Å²) in [4.78, 5) is 39.2. The van der Waals surface area contributed by atoms with Gasteiger partial charge in [-0.3, -0.25) is 19.1 Å². The highest BCUT2D eigenvalue weighted by atomic mass is 19.4. The van der Waals surface area contributed by atoms with E-state index in [2.05, 4.69) is 22.3 Å². The lowest BCUT2D eigenvalue weighted by Crippen LogP contribution is -2.51. The molecular formula is C31H25F4N5O3. The van der Waals surface area contributed by atoms with Gasteiger partial charge in [0.2, 0.25) is 0 Å². The van der Waals surface area contributed by atoms with Gasteiger partial charge in [0.05, 0.1) is 22.7 Å². The molecule has 43 heavy (non-hydrogen) atoms. The molecule has 1 aliphatic carbocycles. The minimum Gasteiger partial charge on any atom is -0.349 e. The van der Waals surface area contributed by atoms with Crippen LogP contribution in [0.5, 0.6) is 0 Å². The van der Waals surface area contributed by atoms with Crippen molar-refractivity contribution in [3.63, 3.8) is 0 Å². The maximum Gasteiger partial charge on any atom is 0.416 e. The second kappa shape index (κ2) is 10.7. The molecule has 2 aliphatic rings. The molecule has 12 heteroatoms. The normalized spacial score (nSPS) is 15.2. The van der Waals surface area contributed by atoms with Crippen LogP contribution in [0.15, 0.2) is 79.1 Å². The fourth-order valence-corrected chi connectivity index (χ4v) is 5.02. The first kappa shape index (κ1) is 28.1. The highest BCUT2D eigenvalue weighted by Gasteiger charge is 2.36. The van der Waals surface area contributed by atoms with E-state index in [4.69, 9.17) is 0 Å². The van der Waals surface area contributed by atoms with E-state index in [-0.39, 0.29) is 30.6 Å². The fraction of sp³-hybridized carbons (Fsp3) is 0.226. The lowest BCUT2D eigenvalue weighted by Gasteiger charge is -2.39. The minimum absolute atomic E-state index is 0.103. The molecule has 0 bridgehead atoms. The van der Waals surface area contributed by atoms with Crippen molar-refractivity contribution in [2.24, 2.45) is 0 Å². The Bertz CT molecular complexity index is 1750. The van der Waals surface area contributed by atoms with Gasteiger partial charge < -0.3 is 15.5 Å². The molecule has 1 aliphatic heterocycles. The van der Waals surface area contributed by atoms with Gasteiger partial charge in [-0.15, -0.1) is 0 Å². The number of benzene rings is 3. The molecule has 3 aromatic carbocycles. The van der Waals surface area contributed by atoms with E-state index in [9.17, 15) is 31.9 Å². The summed E-state index contributed by atoms with van der Waals surface area (Å²) in [5.74, 6) is -2.60. The zero-order valence-electron chi connectivity index (χ0n) is 22.6. The topological polar surface area (TPSA) is 96.3 Å². The summed E-state index contributed by atoms with van der Waals surface area (Å²) in [7, 11) is 0. The van der Waals surface area contributed by atoms with Crippen molar-refractivity contribution in [2.45, 2.75) is 31.1 Å². The third-order valence-electron chi connectivity index (χ3n) is 7.50. The Labute approximate surface area is 243 Å². The average Bonchev–Trinajstić information content (AvgIpc) is 3.69. The Balaban J connectivity index is 1.34. The Kier molecular flexibility index (Phi) is 6.99. The summed E-state index contributed by atoms with van der Waals surface area (Å²) in [6.07, 6.45) is -2.58. The van der Waals surface area contributed by atoms with Crippen molar-refractivity contribution in [1.29, 1.82) is 0 Å². The standard InChI is InChI=1S/C31H25F4N5O3/c1-17(32)30(43)39-15-23(16-39)40-27-24(26(38-40)18-5-9-20(10-6-18)31(33,34)35)3-2-4-25(27)29(42)37-21-11-7-19(8-12-21)28(41)36-22-13-14-22/h2-12,22-23H,1,13-16H2,(H,36,41)(H,37,42). The van der Waals surface area contributed by atoms with Gasteiger partial charge in [0.1, 0.15) is 5.69 Å². The van der Waals surface area contributed by atoms with Crippen LogP contribution < -0.4 is 10.6 Å². The molecule has 6 rings (SSSR count). The zero-order valence-corrected chi connectivity index (χ0v) is 22.6. The van der Waals surface area contributed by atoms with Crippen molar-refractivity contribution in [1.82, 2.24) is 20.0 Å². The van der Waals surface area contributed by atoms with Gasteiger partial charge in [-0.05, 0) is 55.3 Å². The van der Waals surface area contributed by atoms with Gasteiger partial charge >= 0.3 is 6.18 Å². The van der Waals surface area contributed by atoms with Crippen LogP contribution in [0.2, 0.25) is 0 Å². The molecule has 3 amide bonds. The molecule has 0 radical (unpaired) electrons. The van der Waals surface area contributed by atoms with Crippen molar-refractivity contribution < 1.29 is 31.9 Å². The first-order chi connectivity index (χ1) is 20.5. The van der Waals surface area contributed by atoms with Crippen LogP contribution in [0.4, 0.5) is 23.2 Å². The first-order valence-electron chi connectivity index (χ1n) is 13.5. The third kappa shape index (κ3) is 5.60. The highest BCUT2D eigenvalue weighted by Crippen LogP contribution is 2.36. The smallest absolute Gasteiger partial charge is 0.349 e. The maximum atomic E-state index is 13.6. The molecule has 0 spiro atoms. The summed E-state index contributed by atoms with van der Waals surface area (Å²) < 4.78 is 54.5. The van der Waals surface area contributed by atoms with Crippen LogP contribution >= 0.6 is 0 Å². The predicted octanol–water partition coefficient (Wildman–Crippen LogP) is 5.73. The highest BCUT2D eigenvalue weighted by molar-refractivity contribution is 6.14. The number of rotatable bonds is 7. The van der Waals surface area contributed by atoms with E-state index in [0.717, 1.165) is 25.0 Å². The number of nitrogens with zero attached hydrogens (tertiary/aromatic N) is 3. The average molecular weight is 592 g/mol. The van der Waals surface area contributed by atoms with E-state index < -0.39 is 35.4 Å². The largest absolute Gasteiger partial charge is 0.416 e. The Morgan fingerprint density at radius 1 is 0.907 bits per heavy atom. The summed E-state index contributed by atoms with van der Waals surface area (Å²) in [6, 6.07) is 15.7. The molecule has 0 unspecified atom stereocenters. The fourth-order valence-electron chi connectivity index (χ4n) is 5.02. The van der Waals surface area contributed by atoms with Gasteiger partial charge in [-0.1, -0.05) is 30.8 Å². The van der Waals surface area contributed by atoms with Gasteiger partial charge in [-0.25, -0.2) is 4.39 Å². The molecule has 2 N–H and O–H groups in total. The number of nitrogens with one attached hydrogen (secondary N) is 2. The number of likely N-dealkylation sites (tertiary alicyclic amines) is 1. The predicted molar refractivity (Wildman–Crippen MR) is 151 cm³/mol. The van der Waals surface area contributed by atoms with E-state index in [1.165, 1.54) is 17.0 Å². The Morgan fingerprint density at radius 3 is 2.19 bits per heavy atom. The van der Waals surface area contributed by atoms with Crippen LogP contribution in [-0.4, -0.2) is 51.5 Å². The summed E-state index contributed by atoms with van der Waals surface area (Å²) in [5.41, 5.74) is 1.50. The van der Waals surface area contributed by atoms with Crippen molar-refractivity contribution in [3.05, 3.63) is 95.8 Å². The van der Waals surface area contributed by atoms with Crippen molar-refractivity contribution >= 4 is 34.3 Å². The molecule has 1 aromatic heterocycles. The molecule has 4 aromatic rings. The number of anilines is 1. The maximum absolute atomic E-state index is 13.6. The van der Waals surface area contributed by atoms with E-state index in [1.807, 2.05) is 0 Å². The number of hydrogen-bond donors (Lipinski definition) is 2. The molecule has 2 heterocycles. The number of amides is 3. The monoisotopic (exact) mass is 591 g/mol. The summed E-state index contributed by atoms with van der Waals surface area (Å²) in [6.45, 7) is 3.25. The number of carbonyl (C=O) groups is 3. The number of alkyl halides is 3. The number of carbonyl (C=O) groups excluding carboxylic acids is 3. The van der Waals surface area contributed by atoms with Crippen LogP contribution in [0.25, 0.3) is 22.2 Å². The molecule has 8 nitrogen and oxygen atoms in total. The number of fused-ring (bicyclic) bond motifs is 1. The van der Waals surface area contributed by atoms with Crippen molar-refractivity contribution in [3.8, 4) is 11.3 Å². The van der Waals surface area contributed by atoms with Crippen LogP contribution in [0, 0.1) is 0 Å². The zero-order chi connectivity index (χ0) is 30.5. The summed E-state index contributed by atoms with van der Waals surface area (Å²) >= 11 is 0. The molecule has 2 fully saturated rings. The van der Waals surface area contributed by atoms with Crippen LogP contribution in [0.1, 0.15) is 45.2 Å². The van der Waals surface area contributed by atoms with Crippen LogP contribution in [-0.2, 0) is 11.0 Å². The van der Waals surface area contributed by atoms with Gasteiger partial charge in [0.15, 0.2) is 5.83 Å². The number of aromatic nitrogens is 2. The quantitative estimate of drug-likeness (QED) is 0.212. The lowest BCUT2D eigenvalue weighted by atomic mass is 10.0. The minimum atomic E-state index is -4.51. The number of hydrogen-bond acceptors (Lipinski definition) is 4. The van der Waals surface area contributed by atoms with Gasteiger partial charge in [-0.2, -0.15) is 18.3 Å². The van der Waals surface area contributed by atoms with Gasteiger partial charge in [0, 0.05) is 41.3 Å². The SMILES string of the molecule is C=C(F)C(=O)N1CC(n2nc(-c3ccc(C(F)(F)F)cc3)c3cccc(C(=O)Nc4ccc(C(=O)NC5CC5)cc4)c32)C1. The second-order valence-corrected chi connectivity index (χ2v) is 10.6.